The number of aromatic hydroxyl groups is 1. The number of unbranched alkanes of at least 4 members (excludes halogenated alkanes) is 1. The monoisotopic (exact) mass is 697 g/mol. The average molecular weight is 698 g/mol. The van der Waals surface area contributed by atoms with Crippen LogP contribution in [0.2, 0.25) is 5.02 Å². The number of carbonyl (C=O) groups excluding carboxylic acids is 1. The highest BCUT2D eigenvalue weighted by Gasteiger charge is 2.23. The summed E-state index contributed by atoms with van der Waals surface area (Å²) in [6, 6.07) is 7.92. The van der Waals surface area contributed by atoms with Gasteiger partial charge in [0, 0.05) is 16.1 Å². The Kier molecular flexibility index (Phi) is 26.9. The second-order valence-corrected chi connectivity index (χ2v) is 13.6. The number of hydrogen-bond acceptors (Lipinski definition) is 4. The second-order valence-electron chi connectivity index (χ2n) is 13.2. The highest BCUT2D eigenvalue weighted by atomic mass is 35.5. The van der Waals surface area contributed by atoms with E-state index in [9.17, 15) is 9.90 Å². The van der Waals surface area contributed by atoms with E-state index < -0.39 is 5.97 Å². The summed E-state index contributed by atoms with van der Waals surface area (Å²) in [5.41, 5.74) is 6.37. The van der Waals surface area contributed by atoms with Crippen LogP contribution in [-0.2, 0) is 15.0 Å². The number of carboxylic acids is 1. The molecule has 5 nitrogen and oxygen atoms in total. The Hall–Kier alpha value is -3.44. The predicted molar refractivity (Wildman–Crippen MR) is 216 cm³/mol. The Balaban J connectivity index is -0.000000799. The van der Waals surface area contributed by atoms with Crippen LogP contribution in [0.1, 0.15) is 146 Å². The molecule has 0 radical (unpaired) electrons. The van der Waals surface area contributed by atoms with Crippen LogP contribution < -0.4 is 0 Å². The van der Waals surface area contributed by atoms with Gasteiger partial charge in [0.2, 0.25) is 0 Å². The van der Waals surface area contributed by atoms with Crippen molar-refractivity contribution in [1.82, 2.24) is 4.98 Å². The van der Waals surface area contributed by atoms with Crippen molar-refractivity contribution in [2.45, 2.75) is 142 Å². The smallest absolute Gasteiger partial charge is 0.335 e. The largest absolute Gasteiger partial charge is 0.505 e. The van der Waals surface area contributed by atoms with Crippen molar-refractivity contribution in [3.05, 3.63) is 87.1 Å². The summed E-state index contributed by atoms with van der Waals surface area (Å²) in [7, 11) is 0. The normalized spacial score (nSPS) is 11.9. The molecule has 2 aromatic rings. The zero-order valence-corrected chi connectivity index (χ0v) is 34.4. The van der Waals surface area contributed by atoms with Gasteiger partial charge in [-0.3, -0.25) is 0 Å². The summed E-state index contributed by atoms with van der Waals surface area (Å²) >= 11 is 6.19. The maximum absolute atomic E-state index is 10.9. The Morgan fingerprint density at radius 2 is 1.45 bits per heavy atom. The molecular weight excluding hydrogens is 630 g/mol. The lowest BCUT2D eigenvalue weighted by Crippen LogP contribution is -2.13. The Morgan fingerprint density at radius 3 is 1.84 bits per heavy atom. The molecule has 0 fully saturated rings. The summed E-state index contributed by atoms with van der Waals surface area (Å²) < 4.78 is 0. The van der Waals surface area contributed by atoms with Gasteiger partial charge in [-0.1, -0.05) is 130 Å². The van der Waals surface area contributed by atoms with Crippen LogP contribution in [0.25, 0.3) is 17.3 Å². The van der Waals surface area contributed by atoms with Crippen LogP contribution >= 0.6 is 11.6 Å². The summed E-state index contributed by atoms with van der Waals surface area (Å²) in [5.74, 6) is -0.614. The number of carboxylic acid groups (broad SMARTS) is 1. The standard InChI is InChI=1S/C24H32ClNO.C11H16O2.C4H10.C2H4O.C2H6/c1-8-12-24(6,7)13-11-20-22(27)18(23(3,4)5)15-21(26-20)17-9-10-19(25)16(2)14-17;1-5-8(3)7-10(11(12)13)9(4)6-2;1-3-4-2;1-2-3;1-2/h9-11,13-15,27H,8,12H2,1-7H3;5-7H,1-4H3,(H,12,13);3-4H2,1-2H3;2H,1H3;1-2H3/b13-11+;8-5-,9-6+,10-7+;;;. The molecule has 6 heteroatoms. The van der Waals surface area contributed by atoms with Gasteiger partial charge in [-0.15, -0.1) is 0 Å². The number of benzene rings is 1. The minimum atomic E-state index is -0.878. The predicted octanol–water partition coefficient (Wildman–Crippen LogP) is 13.5. The third kappa shape index (κ3) is 20.6. The van der Waals surface area contributed by atoms with Gasteiger partial charge in [0.25, 0.3) is 0 Å². The third-order valence-corrected chi connectivity index (χ3v) is 7.71. The molecule has 276 valence electrons. The SMILES string of the molecule is CC.CC=O.CCCC.CCCC(C)(C)/C=C/c1nc(-c2ccc(Cl)c(C)c2)cc(C(C)(C)C)c1O.C\C=C(C)/C=C(C(=O)O)\C(C)=C\C. The first kappa shape index (κ1) is 49.9. The van der Waals surface area contributed by atoms with Gasteiger partial charge < -0.3 is 15.0 Å². The number of allylic oxidation sites excluding steroid dienone is 5. The number of carbonyl (C=O) groups is 2. The zero-order valence-electron chi connectivity index (χ0n) is 33.6. The van der Waals surface area contributed by atoms with E-state index in [0.29, 0.717) is 11.3 Å². The summed E-state index contributed by atoms with van der Waals surface area (Å²) in [5, 5.41) is 20.5. The molecule has 0 aliphatic carbocycles. The molecule has 0 saturated heterocycles. The highest BCUT2D eigenvalue weighted by molar-refractivity contribution is 6.31. The van der Waals surface area contributed by atoms with Gasteiger partial charge >= 0.3 is 5.97 Å². The average Bonchev–Trinajstić information content (AvgIpc) is 3.05. The Morgan fingerprint density at radius 1 is 0.918 bits per heavy atom. The number of halogens is 1. The van der Waals surface area contributed by atoms with E-state index in [1.165, 1.54) is 19.8 Å². The third-order valence-electron chi connectivity index (χ3n) is 7.28. The molecular formula is C43H68ClNO4. The van der Waals surface area contributed by atoms with E-state index in [0.717, 1.165) is 57.7 Å². The van der Waals surface area contributed by atoms with Crippen molar-refractivity contribution in [2.75, 3.05) is 0 Å². The van der Waals surface area contributed by atoms with Crippen LogP contribution in [0, 0.1) is 12.3 Å². The molecule has 1 aromatic carbocycles. The van der Waals surface area contributed by atoms with Crippen molar-refractivity contribution in [1.29, 1.82) is 0 Å². The molecule has 0 atom stereocenters. The maximum atomic E-state index is 10.9. The zero-order chi connectivity index (χ0) is 39.0. The number of aryl methyl sites for hydroxylation is 1. The van der Waals surface area contributed by atoms with Crippen molar-refractivity contribution in [2.24, 2.45) is 5.41 Å². The lowest BCUT2D eigenvalue weighted by Gasteiger charge is -2.23. The first-order chi connectivity index (χ1) is 22.8. The number of aromatic nitrogens is 1. The fourth-order valence-electron chi connectivity index (χ4n) is 4.04. The lowest BCUT2D eigenvalue weighted by molar-refractivity contribution is -0.132. The van der Waals surface area contributed by atoms with E-state index in [2.05, 4.69) is 61.5 Å². The molecule has 1 heterocycles. The number of aldehydes is 1. The Bertz CT molecular complexity index is 1390. The summed E-state index contributed by atoms with van der Waals surface area (Å²) in [6.07, 6.45) is 15.1. The van der Waals surface area contributed by atoms with Crippen LogP contribution in [0.4, 0.5) is 0 Å². The Labute approximate surface area is 305 Å². The molecule has 0 aliphatic heterocycles. The molecule has 1 aromatic heterocycles. The minimum absolute atomic E-state index is 0.0671. The van der Waals surface area contributed by atoms with Gasteiger partial charge in [0.15, 0.2) is 0 Å². The molecule has 0 bridgehead atoms. The molecule has 49 heavy (non-hydrogen) atoms. The first-order valence-electron chi connectivity index (χ1n) is 17.6. The van der Waals surface area contributed by atoms with Crippen molar-refractivity contribution in [3.8, 4) is 17.0 Å². The van der Waals surface area contributed by atoms with Gasteiger partial charge in [0.05, 0.1) is 11.3 Å². The van der Waals surface area contributed by atoms with Gasteiger partial charge in [-0.05, 0) is 100 Å². The highest BCUT2D eigenvalue weighted by Crippen LogP contribution is 2.37. The van der Waals surface area contributed by atoms with E-state index in [1.54, 1.807) is 19.1 Å². The van der Waals surface area contributed by atoms with Gasteiger partial charge in [-0.2, -0.15) is 0 Å². The van der Waals surface area contributed by atoms with E-state index in [-0.39, 0.29) is 16.6 Å². The summed E-state index contributed by atoms with van der Waals surface area (Å²) in [4.78, 5) is 24.4. The fourth-order valence-corrected chi connectivity index (χ4v) is 4.16. The number of aliphatic carboxylic acids is 1. The van der Waals surface area contributed by atoms with Crippen molar-refractivity contribution >= 4 is 29.9 Å². The molecule has 2 N–H and O–H groups in total. The molecule has 0 aliphatic rings. The van der Waals surface area contributed by atoms with Crippen LogP contribution in [0.5, 0.6) is 5.75 Å². The maximum Gasteiger partial charge on any atom is 0.335 e. The van der Waals surface area contributed by atoms with Gasteiger partial charge in [-0.25, -0.2) is 9.78 Å². The quantitative estimate of drug-likeness (QED) is 0.155. The molecule has 0 spiro atoms. The molecule has 0 saturated carbocycles. The number of nitrogens with zero attached hydrogens (tertiary/aromatic N) is 1. The van der Waals surface area contributed by atoms with Crippen molar-refractivity contribution in [3.63, 3.8) is 0 Å². The first-order valence-corrected chi connectivity index (χ1v) is 18.0. The lowest BCUT2D eigenvalue weighted by atomic mass is 9.84. The minimum Gasteiger partial charge on any atom is -0.505 e. The molecule has 2 rings (SSSR count). The van der Waals surface area contributed by atoms with Crippen LogP contribution in [-0.4, -0.2) is 27.5 Å². The molecule has 0 unspecified atom stereocenters. The number of hydrogen-bond donors (Lipinski definition) is 2. The number of pyridine rings is 1. The van der Waals surface area contributed by atoms with E-state index in [4.69, 9.17) is 26.5 Å². The van der Waals surface area contributed by atoms with E-state index >= 15 is 0 Å². The van der Waals surface area contributed by atoms with Crippen LogP contribution in [0.3, 0.4) is 0 Å². The second kappa shape index (κ2) is 26.4. The van der Waals surface area contributed by atoms with Gasteiger partial charge in [0.1, 0.15) is 17.7 Å². The van der Waals surface area contributed by atoms with Crippen molar-refractivity contribution < 1.29 is 19.8 Å². The number of rotatable bonds is 9. The fraction of sp³-hybridized carbons (Fsp3) is 0.512. The topological polar surface area (TPSA) is 87.5 Å². The van der Waals surface area contributed by atoms with Crippen LogP contribution in [0.15, 0.2) is 65.3 Å². The van der Waals surface area contributed by atoms with E-state index in [1.807, 2.05) is 78.0 Å². The molecule has 0 amide bonds. The summed E-state index contributed by atoms with van der Waals surface area (Å²) in [6.45, 7) is 32.1.